The van der Waals surface area contributed by atoms with Gasteiger partial charge < -0.3 is 18.9 Å². The molecule has 4 aromatic rings. The lowest BCUT2D eigenvalue weighted by Gasteiger charge is -2.26. The highest BCUT2D eigenvalue weighted by atomic mass is 79.9. The van der Waals surface area contributed by atoms with Gasteiger partial charge in [-0.05, 0) is 87.2 Å². The molecule has 0 bridgehead atoms. The molecule has 0 unspecified atom stereocenters. The highest BCUT2D eigenvalue weighted by Crippen LogP contribution is 2.39. The number of carbonyl (C=O) groups is 1. The van der Waals surface area contributed by atoms with Crippen LogP contribution in [-0.4, -0.2) is 38.0 Å². The molecule has 1 aliphatic heterocycles. The van der Waals surface area contributed by atoms with Crippen LogP contribution in [0.15, 0.2) is 85.0 Å². The van der Waals surface area contributed by atoms with Crippen LogP contribution >= 0.6 is 43.2 Å². The van der Waals surface area contributed by atoms with Gasteiger partial charge in [-0.3, -0.25) is 9.36 Å². The Morgan fingerprint density at radius 1 is 0.977 bits per heavy atom. The summed E-state index contributed by atoms with van der Waals surface area (Å²) in [5, 5.41) is 0. The average molecular weight is 728 g/mol. The Labute approximate surface area is 269 Å². The van der Waals surface area contributed by atoms with Crippen LogP contribution in [0.1, 0.15) is 36.6 Å². The van der Waals surface area contributed by atoms with Crippen molar-refractivity contribution in [3.05, 3.63) is 112 Å². The largest absolute Gasteiger partial charge is 0.493 e. The van der Waals surface area contributed by atoms with E-state index in [1.807, 2.05) is 55.5 Å². The number of aromatic nitrogens is 1. The van der Waals surface area contributed by atoms with Gasteiger partial charge in [0.15, 0.2) is 16.3 Å². The molecular formula is C32H28Br2N2O6S. The maximum atomic E-state index is 14.2. The van der Waals surface area contributed by atoms with Crippen molar-refractivity contribution in [2.45, 2.75) is 19.9 Å². The number of fused-ring (bicyclic) bond motifs is 1. The molecule has 0 radical (unpaired) electrons. The second-order valence-corrected chi connectivity index (χ2v) is 12.0. The second kappa shape index (κ2) is 13.3. The predicted molar refractivity (Wildman–Crippen MR) is 174 cm³/mol. The first kappa shape index (κ1) is 30.8. The van der Waals surface area contributed by atoms with Gasteiger partial charge in [0.05, 0.1) is 58.2 Å². The summed E-state index contributed by atoms with van der Waals surface area (Å²) >= 11 is 8.39. The van der Waals surface area contributed by atoms with E-state index in [2.05, 4.69) is 31.9 Å². The van der Waals surface area contributed by atoms with E-state index in [0.717, 1.165) is 20.1 Å². The number of nitrogens with zero attached hydrogens (tertiary/aromatic N) is 2. The summed E-state index contributed by atoms with van der Waals surface area (Å²) in [6.45, 7) is 4.33. The molecule has 5 rings (SSSR count). The summed E-state index contributed by atoms with van der Waals surface area (Å²) in [6, 6.07) is 17.7. The summed E-state index contributed by atoms with van der Waals surface area (Å²) in [6.07, 6.45) is 1.80. The van der Waals surface area contributed by atoms with Crippen LogP contribution < -0.4 is 29.1 Å². The molecule has 0 saturated heterocycles. The Morgan fingerprint density at radius 3 is 2.30 bits per heavy atom. The SMILES string of the molecule is CCOC(=O)C1=C(c2ccccc2)N=c2s/c(=C\c3cc(Br)c(OCC)c(Br)c3)c(=O)n2[C@@H]1c1ccc(OC)c(OC)c1. The van der Waals surface area contributed by atoms with Crippen LogP contribution in [0.25, 0.3) is 11.8 Å². The van der Waals surface area contributed by atoms with E-state index in [9.17, 15) is 9.59 Å². The van der Waals surface area contributed by atoms with Crippen LogP contribution in [0.2, 0.25) is 0 Å². The van der Waals surface area contributed by atoms with E-state index in [4.69, 9.17) is 23.9 Å². The van der Waals surface area contributed by atoms with Crippen molar-refractivity contribution in [3.8, 4) is 17.2 Å². The fourth-order valence-corrected chi connectivity index (χ4v) is 7.33. The molecule has 1 aliphatic rings. The normalized spacial score (nSPS) is 14.7. The zero-order valence-electron chi connectivity index (χ0n) is 23.9. The van der Waals surface area contributed by atoms with E-state index < -0.39 is 12.0 Å². The molecule has 0 aliphatic carbocycles. The number of hydrogen-bond donors (Lipinski definition) is 0. The molecule has 1 aromatic heterocycles. The Balaban J connectivity index is 1.81. The fraction of sp³-hybridized carbons (Fsp3) is 0.219. The smallest absolute Gasteiger partial charge is 0.338 e. The number of esters is 1. The number of methoxy groups -OCH3 is 2. The first-order chi connectivity index (χ1) is 20.8. The topological polar surface area (TPSA) is 88.4 Å². The summed E-state index contributed by atoms with van der Waals surface area (Å²) in [5.74, 6) is 1.11. The van der Waals surface area contributed by atoms with E-state index in [1.54, 1.807) is 36.8 Å². The van der Waals surface area contributed by atoms with Gasteiger partial charge in [0, 0.05) is 5.56 Å². The molecule has 3 aromatic carbocycles. The van der Waals surface area contributed by atoms with Crippen molar-refractivity contribution < 1.29 is 23.7 Å². The van der Waals surface area contributed by atoms with Crippen molar-refractivity contribution >= 4 is 60.9 Å². The number of hydrogen-bond acceptors (Lipinski definition) is 8. The van der Waals surface area contributed by atoms with Gasteiger partial charge in [0.25, 0.3) is 5.56 Å². The Bertz CT molecular complexity index is 1880. The lowest BCUT2D eigenvalue weighted by molar-refractivity contribution is -0.138. The number of halogens is 2. The van der Waals surface area contributed by atoms with Crippen LogP contribution in [0.3, 0.4) is 0 Å². The zero-order valence-corrected chi connectivity index (χ0v) is 27.8. The summed E-state index contributed by atoms with van der Waals surface area (Å²) in [5.41, 5.74) is 2.56. The van der Waals surface area contributed by atoms with Crippen molar-refractivity contribution in [2.75, 3.05) is 27.4 Å². The summed E-state index contributed by atoms with van der Waals surface area (Å²) in [7, 11) is 3.09. The molecule has 2 heterocycles. The highest BCUT2D eigenvalue weighted by molar-refractivity contribution is 9.11. The number of thiazole rings is 1. The molecule has 0 spiro atoms. The molecule has 0 amide bonds. The van der Waals surface area contributed by atoms with Gasteiger partial charge in [-0.25, -0.2) is 9.79 Å². The van der Waals surface area contributed by atoms with Crippen LogP contribution in [0.4, 0.5) is 0 Å². The minimum atomic E-state index is -0.841. The van der Waals surface area contributed by atoms with E-state index in [0.29, 0.717) is 44.4 Å². The minimum absolute atomic E-state index is 0.162. The first-order valence-corrected chi connectivity index (χ1v) is 15.8. The number of carbonyl (C=O) groups excluding carboxylic acids is 1. The predicted octanol–water partition coefficient (Wildman–Crippen LogP) is 5.88. The number of benzene rings is 3. The Kier molecular flexibility index (Phi) is 9.53. The van der Waals surface area contributed by atoms with Crippen LogP contribution in [0.5, 0.6) is 17.2 Å². The lowest BCUT2D eigenvalue weighted by Crippen LogP contribution is -2.40. The fourth-order valence-electron chi connectivity index (χ4n) is 4.88. The van der Waals surface area contributed by atoms with Crippen molar-refractivity contribution in [1.82, 2.24) is 4.57 Å². The van der Waals surface area contributed by atoms with Crippen LogP contribution in [-0.2, 0) is 9.53 Å². The average Bonchev–Trinajstić information content (AvgIpc) is 3.32. The quantitative estimate of drug-likeness (QED) is 0.200. The van der Waals surface area contributed by atoms with Crippen LogP contribution in [0, 0.1) is 0 Å². The van der Waals surface area contributed by atoms with E-state index in [1.165, 1.54) is 18.4 Å². The van der Waals surface area contributed by atoms with Gasteiger partial charge >= 0.3 is 5.97 Å². The molecule has 43 heavy (non-hydrogen) atoms. The van der Waals surface area contributed by atoms with Gasteiger partial charge in [-0.2, -0.15) is 0 Å². The molecule has 0 fully saturated rings. The zero-order chi connectivity index (χ0) is 30.7. The minimum Gasteiger partial charge on any atom is -0.493 e. The standard InChI is InChI=1S/C32H28Br2N2O6S/c1-5-41-29-21(33)14-18(15-22(29)34)16-25-30(37)36-28(20-12-13-23(39-3)24(17-20)40-4)26(31(38)42-6-2)27(35-32(36)43-25)19-10-8-7-9-11-19/h7-17,28H,5-6H2,1-4H3/b25-16-/t28-/m1/s1. The molecule has 222 valence electrons. The number of rotatable bonds is 9. The maximum absolute atomic E-state index is 14.2. The molecular weight excluding hydrogens is 700 g/mol. The molecule has 1 atom stereocenters. The number of ether oxygens (including phenoxy) is 4. The molecule has 8 nitrogen and oxygen atoms in total. The molecule has 0 saturated carbocycles. The van der Waals surface area contributed by atoms with Crippen molar-refractivity contribution in [3.63, 3.8) is 0 Å². The highest BCUT2D eigenvalue weighted by Gasteiger charge is 2.35. The Morgan fingerprint density at radius 2 is 1.67 bits per heavy atom. The molecule has 11 heteroatoms. The van der Waals surface area contributed by atoms with Crippen molar-refractivity contribution in [2.24, 2.45) is 4.99 Å². The van der Waals surface area contributed by atoms with Gasteiger partial charge in [0.2, 0.25) is 0 Å². The molecule has 0 N–H and O–H groups in total. The van der Waals surface area contributed by atoms with Gasteiger partial charge in [0.1, 0.15) is 5.75 Å². The third-order valence-corrected chi connectivity index (χ3v) is 8.87. The van der Waals surface area contributed by atoms with Gasteiger partial charge in [-0.1, -0.05) is 47.7 Å². The summed E-state index contributed by atoms with van der Waals surface area (Å²) < 4.78 is 25.8. The Hall–Kier alpha value is -3.67. The van der Waals surface area contributed by atoms with Gasteiger partial charge in [-0.15, -0.1) is 0 Å². The second-order valence-electron chi connectivity index (χ2n) is 9.29. The monoisotopic (exact) mass is 726 g/mol. The van der Waals surface area contributed by atoms with E-state index >= 15 is 0 Å². The van der Waals surface area contributed by atoms with Crippen molar-refractivity contribution in [1.29, 1.82) is 0 Å². The van der Waals surface area contributed by atoms with E-state index in [-0.39, 0.29) is 17.7 Å². The first-order valence-electron chi connectivity index (χ1n) is 13.4. The maximum Gasteiger partial charge on any atom is 0.338 e. The third-order valence-electron chi connectivity index (χ3n) is 6.70. The summed E-state index contributed by atoms with van der Waals surface area (Å²) in [4.78, 5) is 33.2. The third kappa shape index (κ3) is 6.07. The lowest BCUT2D eigenvalue weighted by atomic mass is 9.93.